The largest absolute Gasteiger partial charge is 1.00 e. The Morgan fingerprint density at radius 3 is 1.65 bits per heavy atom. The minimum atomic E-state index is -0.472. The molecule has 268 valence electrons. The van der Waals surface area contributed by atoms with Crippen LogP contribution in [0.4, 0.5) is 0 Å². The molecule has 9 nitrogen and oxygen atoms in total. The molecule has 0 saturated heterocycles. The fraction of sp³-hybridized carbons (Fsp3) is 0.225. The number of benzene rings is 2. The first-order valence-electron chi connectivity index (χ1n) is 15.8. The normalized spacial score (nSPS) is 9.40. The van der Waals surface area contributed by atoms with Gasteiger partial charge in [-0.1, -0.05) is 93.6 Å². The minimum absolute atomic E-state index is 0. The van der Waals surface area contributed by atoms with Crippen LogP contribution >= 0.6 is 22.7 Å². The molecule has 6 rings (SSSR count). The quantitative estimate of drug-likeness (QED) is 0.0649. The van der Waals surface area contributed by atoms with Crippen LogP contribution in [0.15, 0.2) is 115 Å². The average molecular weight is 733 g/mol. The Labute approximate surface area is 327 Å². The van der Waals surface area contributed by atoms with Crippen LogP contribution in [0.2, 0.25) is 0 Å². The molecule has 12 heteroatoms. The van der Waals surface area contributed by atoms with Crippen LogP contribution in [-0.4, -0.2) is 38.8 Å². The first-order chi connectivity index (χ1) is 24.3. The van der Waals surface area contributed by atoms with E-state index in [2.05, 4.69) is 38.5 Å². The van der Waals surface area contributed by atoms with E-state index in [0.717, 1.165) is 22.4 Å². The first kappa shape index (κ1) is 45.4. The molecule has 0 fully saturated rings. The van der Waals surface area contributed by atoms with E-state index in [9.17, 15) is 9.59 Å². The van der Waals surface area contributed by atoms with Crippen molar-refractivity contribution in [1.82, 2.24) is 19.9 Å². The summed E-state index contributed by atoms with van der Waals surface area (Å²) in [6.45, 7) is 10.5. The molecule has 0 N–H and O–H groups in total. The van der Waals surface area contributed by atoms with Crippen LogP contribution in [0.3, 0.4) is 0 Å². The van der Waals surface area contributed by atoms with Crippen LogP contribution in [-0.2, 0) is 18.0 Å². The molecule has 6 aromatic rings. The Morgan fingerprint density at radius 1 is 0.731 bits per heavy atom. The van der Waals surface area contributed by atoms with E-state index in [4.69, 9.17) is 9.47 Å². The van der Waals surface area contributed by atoms with Gasteiger partial charge >= 0.3 is 24.8 Å². The maximum absolute atomic E-state index is 12.3. The van der Waals surface area contributed by atoms with Crippen LogP contribution in [0.5, 0.6) is 11.8 Å². The van der Waals surface area contributed by atoms with E-state index in [1.807, 2.05) is 86.2 Å². The van der Waals surface area contributed by atoms with E-state index in [1.54, 1.807) is 53.9 Å². The van der Waals surface area contributed by atoms with Gasteiger partial charge in [-0.2, -0.15) is 6.42 Å². The van der Waals surface area contributed by atoms with Gasteiger partial charge in [-0.25, -0.2) is 19.7 Å². The van der Waals surface area contributed by atoms with Crippen LogP contribution in [0, 0.1) is 20.8 Å². The standard InChI is InChI=1S/C17H14N2O2S.C14H13NO3.C4H5NS.C4H9.CH4.Li/c1-12-10-18-17(22-12)16(20)14-8-5-9-15(19-14)21-11-13-6-3-2-4-7-13;1-17-14(16)12-8-5-9-13(15-12)18-10-11-6-3-2-4-7-11;1-4-2-5-3-6-4;1-3-4-2;;/h2-10H,11H2,1H3;2-9H,10H2,1H3;2-3H,1H3;1,3-4H2,2H3;1H4;/q;;;-1;;+1. The van der Waals surface area contributed by atoms with Gasteiger partial charge in [0.2, 0.25) is 17.5 Å². The Hall–Kier alpha value is -4.66. The van der Waals surface area contributed by atoms with Crippen LogP contribution in [0.1, 0.15) is 74.1 Å². The summed E-state index contributed by atoms with van der Waals surface area (Å²) in [6.07, 6.45) is 5.82. The molecule has 0 radical (unpaired) electrons. The van der Waals surface area contributed by atoms with E-state index >= 15 is 0 Å². The number of aromatic nitrogens is 4. The number of aryl methyl sites for hydroxylation is 2. The van der Waals surface area contributed by atoms with Gasteiger partial charge in [0.25, 0.3) is 0 Å². The second-order valence-electron chi connectivity index (χ2n) is 10.3. The third kappa shape index (κ3) is 17.0. The van der Waals surface area contributed by atoms with Gasteiger partial charge in [0.05, 0.1) is 12.6 Å². The van der Waals surface area contributed by atoms with Crippen molar-refractivity contribution in [1.29, 1.82) is 0 Å². The maximum atomic E-state index is 12.3. The number of unbranched alkanes of at least 4 members (excludes halogenated alkanes) is 1. The van der Waals surface area contributed by atoms with Crippen molar-refractivity contribution < 1.29 is 42.7 Å². The van der Waals surface area contributed by atoms with E-state index in [1.165, 1.54) is 29.7 Å². The van der Waals surface area contributed by atoms with Crippen molar-refractivity contribution in [2.45, 2.75) is 54.3 Å². The van der Waals surface area contributed by atoms with Crippen molar-refractivity contribution in [2.75, 3.05) is 7.11 Å². The second-order valence-corrected chi connectivity index (χ2v) is 12.7. The summed E-state index contributed by atoms with van der Waals surface area (Å²) in [7, 11) is 1.32. The zero-order chi connectivity index (χ0) is 36.0. The van der Waals surface area contributed by atoms with Gasteiger partial charge in [-0.15, -0.1) is 22.7 Å². The molecular formula is C40H45LiN4O5S2. The van der Waals surface area contributed by atoms with E-state index in [-0.39, 0.29) is 37.8 Å². The summed E-state index contributed by atoms with van der Waals surface area (Å²) in [4.78, 5) is 42.2. The number of pyridine rings is 2. The maximum Gasteiger partial charge on any atom is 1.00 e. The molecule has 0 aliphatic heterocycles. The summed E-state index contributed by atoms with van der Waals surface area (Å²) in [6, 6.07) is 29.8. The Morgan fingerprint density at radius 2 is 1.25 bits per heavy atom. The monoisotopic (exact) mass is 732 g/mol. The number of hydrogen-bond donors (Lipinski definition) is 0. The molecule has 0 amide bonds. The molecule has 0 aliphatic carbocycles. The summed E-state index contributed by atoms with van der Waals surface area (Å²) >= 11 is 3.03. The molecular weight excluding hydrogens is 688 g/mol. The van der Waals surface area contributed by atoms with Gasteiger partial charge in [-0.05, 0) is 37.1 Å². The molecule has 0 spiro atoms. The molecule has 0 saturated carbocycles. The zero-order valence-electron chi connectivity index (χ0n) is 29.7. The third-order valence-electron chi connectivity index (χ3n) is 6.26. The number of thiazole rings is 2. The van der Waals surface area contributed by atoms with Gasteiger partial charge in [0.1, 0.15) is 18.9 Å². The van der Waals surface area contributed by atoms with Gasteiger partial charge in [-0.3, -0.25) is 9.78 Å². The van der Waals surface area contributed by atoms with Crippen molar-refractivity contribution in [3.05, 3.63) is 159 Å². The van der Waals surface area contributed by atoms with Crippen molar-refractivity contribution in [3.63, 3.8) is 0 Å². The second kappa shape index (κ2) is 26.2. The minimum Gasteiger partial charge on any atom is -0.473 e. The summed E-state index contributed by atoms with van der Waals surface area (Å²) in [5, 5.41) is 0.449. The molecule has 0 unspecified atom stereocenters. The molecule has 4 heterocycles. The topological polar surface area (TPSA) is 113 Å². The fourth-order valence-corrected chi connectivity index (χ4v) is 4.77. The number of methoxy groups -OCH3 is 1. The van der Waals surface area contributed by atoms with Gasteiger partial charge < -0.3 is 21.1 Å². The molecule has 2 aromatic carbocycles. The van der Waals surface area contributed by atoms with E-state index in [0.29, 0.717) is 35.7 Å². The molecule has 0 aliphatic rings. The van der Waals surface area contributed by atoms with Crippen LogP contribution in [0.25, 0.3) is 0 Å². The smallest absolute Gasteiger partial charge is 0.473 e. The number of carbonyl (C=O) groups is 2. The molecule has 0 atom stereocenters. The Kier molecular flexibility index (Phi) is 22.8. The Bertz CT molecular complexity index is 1840. The summed E-state index contributed by atoms with van der Waals surface area (Å²) in [5.74, 6) is 0.188. The third-order valence-corrected chi connectivity index (χ3v) is 7.87. The number of hydrogen-bond acceptors (Lipinski definition) is 11. The predicted octanol–water partition coefficient (Wildman–Crippen LogP) is 6.82. The van der Waals surface area contributed by atoms with E-state index < -0.39 is 5.97 Å². The van der Waals surface area contributed by atoms with Gasteiger partial charge in [0.15, 0.2) is 10.7 Å². The number of esters is 1. The number of ketones is 1. The average Bonchev–Trinajstić information content (AvgIpc) is 3.85. The number of rotatable bonds is 10. The predicted molar refractivity (Wildman–Crippen MR) is 205 cm³/mol. The van der Waals surface area contributed by atoms with Crippen molar-refractivity contribution >= 4 is 34.4 Å². The van der Waals surface area contributed by atoms with Crippen LogP contribution < -0.4 is 28.3 Å². The first-order valence-corrected chi connectivity index (χ1v) is 17.5. The summed E-state index contributed by atoms with van der Waals surface area (Å²) < 4.78 is 15.7. The number of nitrogens with zero attached hydrogens (tertiary/aromatic N) is 4. The fourth-order valence-electron chi connectivity index (χ4n) is 3.65. The summed E-state index contributed by atoms with van der Waals surface area (Å²) in [5.41, 5.74) is 4.51. The Balaban J connectivity index is 0.000000403. The van der Waals surface area contributed by atoms with Crippen molar-refractivity contribution in [3.8, 4) is 11.8 Å². The number of ether oxygens (including phenoxy) is 3. The van der Waals surface area contributed by atoms with Gasteiger partial charge in [0, 0.05) is 34.3 Å². The molecule has 4 aromatic heterocycles. The zero-order valence-corrected chi connectivity index (χ0v) is 31.3. The van der Waals surface area contributed by atoms with Crippen molar-refractivity contribution in [2.24, 2.45) is 0 Å². The SMILES string of the molecule is C.COC(=O)c1cccc(OCc2ccccc2)n1.Cc1cnc(C(=O)c2cccc(OCc3ccccc3)n2)s1.Cc1cncs1.[CH2-]CCC.[Li+]. The molecule has 52 heavy (non-hydrogen) atoms. The molecule has 0 bridgehead atoms. The number of carbonyl (C=O) groups excluding carboxylic acids is 2.